The van der Waals surface area contributed by atoms with Gasteiger partial charge in [0.25, 0.3) is 0 Å². The maximum Gasteiger partial charge on any atom is 0.329 e. The second-order valence-corrected chi connectivity index (χ2v) is 4.75. The van der Waals surface area contributed by atoms with Gasteiger partial charge in [0.1, 0.15) is 11.5 Å². The molecular formula is C17H16O5. The minimum absolute atomic E-state index is 0.203. The van der Waals surface area contributed by atoms with Crippen LogP contribution in [-0.4, -0.2) is 24.1 Å². The summed E-state index contributed by atoms with van der Waals surface area (Å²) in [6, 6.07) is 7.11. The molecule has 22 heavy (non-hydrogen) atoms. The molecule has 1 atom stereocenters. The molecule has 1 aromatic rings. The summed E-state index contributed by atoms with van der Waals surface area (Å²) in [5.74, 6) is -2.43. The van der Waals surface area contributed by atoms with E-state index in [2.05, 4.69) is 0 Å². The van der Waals surface area contributed by atoms with Gasteiger partial charge in [-0.15, -0.1) is 0 Å². The molecule has 1 heterocycles. The number of hydrogen-bond donors (Lipinski definition) is 0. The van der Waals surface area contributed by atoms with Gasteiger partial charge in [0, 0.05) is 6.08 Å². The lowest BCUT2D eigenvalue weighted by atomic mass is 9.96. The first-order valence-electron chi connectivity index (χ1n) is 6.90. The highest BCUT2D eigenvalue weighted by atomic mass is 16.5. The van der Waals surface area contributed by atoms with Gasteiger partial charge in [-0.2, -0.15) is 0 Å². The Morgan fingerprint density at radius 1 is 1.27 bits per heavy atom. The van der Waals surface area contributed by atoms with Crippen LogP contribution in [0.25, 0.3) is 6.08 Å². The molecule has 2 rings (SSSR count). The van der Waals surface area contributed by atoms with E-state index in [0.29, 0.717) is 6.61 Å². The van der Waals surface area contributed by atoms with Crippen LogP contribution in [0.2, 0.25) is 0 Å². The Balaban J connectivity index is 2.08. The Kier molecular flexibility index (Phi) is 4.88. The number of ether oxygens (including phenoxy) is 2. The normalized spacial score (nSPS) is 18.1. The maximum absolute atomic E-state index is 12.0. The molecule has 0 amide bonds. The monoisotopic (exact) mass is 300 g/mol. The second kappa shape index (κ2) is 6.85. The number of rotatable bonds is 5. The number of hydrogen-bond acceptors (Lipinski definition) is 5. The van der Waals surface area contributed by atoms with Crippen molar-refractivity contribution in [1.82, 2.24) is 0 Å². The predicted octanol–water partition coefficient (Wildman–Crippen LogP) is 2.31. The van der Waals surface area contributed by atoms with Crippen molar-refractivity contribution in [2.75, 3.05) is 6.61 Å². The quantitative estimate of drug-likeness (QED) is 0.474. The summed E-state index contributed by atoms with van der Waals surface area (Å²) in [4.78, 5) is 35.4. The SMILES string of the molecule is CCOc1ccc(C=CC(=O)C2C(=O)C=C(C)OC2=O)cc1. The average Bonchev–Trinajstić information content (AvgIpc) is 2.46. The molecule has 0 fully saturated rings. The summed E-state index contributed by atoms with van der Waals surface area (Å²) in [7, 11) is 0. The summed E-state index contributed by atoms with van der Waals surface area (Å²) >= 11 is 0. The molecule has 0 bridgehead atoms. The van der Waals surface area contributed by atoms with Crippen LogP contribution >= 0.6 is 0 Å². The highest BCUT2D eigenvalue weighted by Gasteiger charge is 2.36. The summed E-state index contributed by atoms with van der Waals surface area (Å²) in [5, 5.41) is 0. The van der Waals surface area contributed by atoms with E-state index in [1.807, 2.05) is 6.92 Å². The predicted molar refractivity (Wildman–Crippen MR) is 80.0 cm³/mol. The zero-order valence-corrected chi connectivity index (χ0v) is 12.4. The van der Waals surface area contributed by atoms with E-state index in [1.165, 1.54) is 13.0 Å². The fourth-order valence-electron chi connectivity index (χ4n) is 2.02. The molecule has 0 aliphatic carbocycles. The summed E-state index contributed by atoms with van der Waals surface area (Å²) < 4.78 is 10.1. The Hall–Kier alpha value is -2.69. The third-order valence-corrected chi connectivity index (χ3v) is 3.04. The largest absolute Gasteiger partial charge is 0.494 e. The summed E-state index contributed by atoms with van der Waals surface area (Å²) in [5.41, 5.74) is 0.764. The minimum atomic E-state index is -1.40. The summed E-state index contributed by atoms with van der Waals surface area (Å²) in [6.45, 7) is 3.96. The van der Waals surface area contributed by atoms with Gasteiger partial charge < -0.3 is 9.47 Å². The third-order valence-electron chi connectivity index (χ3n) is 3.04. The van der Waals surface area contributed by atoms with E-state index in [-0.39, 0.29) is 5.76 Å². The van der Waals surface area contributed by atoms with Crippen molar-refractivity contribution in [3.8, 4) is 5.75 Å². The number of esters is 1. The van der Waals surface area contributed by atoms with Crippen LogP contribution in [0.3, 0.4) is 0 Å². The van der Waals surface area contributed by atoms with Gasteiger partial charge in [0.15, 0.2) is 17.5 Å². The molecule has 0 saturated heterocycles. The topological polar surface area (TPSA) is 69.7 Å². The van der Waals surface area contributed by atoms with Gasteiger partial charge in [0.05, 0.1) is 6.61 Å². The van der Waals surface area contributed by atoms with Crippen molar-refractivity contribution < 1.29 is 23.9 Å². The molecule has 1 aliphatic rings. The van der Waals surface area contributed by atoms with Crippen LogP contribution in [0.15, 0.2) is 42.2 Å². The van der Waals surface area contributed by atoms with Crippen molar-refractivity contribution in [2.24, 2.45) is 5.92 Å². The van der Waals surface area contributed by atoms with Gasteiger partial charge in [-0.1, -0.05) is 18.2 Å². The van der Waals surface area contributed by atoms with Gasteiger partial charge in [-0.3, -0.25) is 14.4 Å². The number of ketones is 2. The number of carbonyl (C=O) groups excluding carboxylic acids is 3. The molecule has 1 unspecified atom stereocenters. The number of benzene rings is 1. The molecule has 114 valence electrons. The van der Waals surface area contributed by atoms with Gasteiger partial charge in [-0.05, 0) is 37.6 Å². The van der Waals surface area contributed by atoms with Crippen molar-refractivity contribution >= 4 is 23.6 Å². The number of cyclic esters (lactones) is 1. The van der Waals surface area contributed by atoms with Crippen molar-refractivity contribution in [2.45, 2.75) is 13.8 Å². The average molecular weight is 300 g/mol. The molecule has 0 N–H and O–H groups in total. The molecule has 0 aromatic heterocycles. The molecule has 1 aromatic carbocycles. The van der Waals surface area contributed by atoms with Crippen molar-refractivity contribution in [1.29, 1.82) is 0 Å². The van der Waals surface area contributed by atoms with E-state index < -0.39 is 23.5 Å². The third kappa shape index (κ3) is 3.69. The lowest BCUT2D eigenvalue weighted by molar-refractivity contribution is -0.151. The molecular weight excluding hydrogens is 284 g/mol. The lowest BCUT2D eigenvalue weighted by Crippen LogP contribution is -2.34. The maximum atomic E-state index is 12.0. The van der Waals surface area contributed by atoms with Crippen LogP contribution in [0.1, 0.15) is 19.4 Å². The molecule has 0 saturated carbocycles. The van der Waals surface area contributed by atoms with Crippen LogP contribution in [0.4, 0.5) is 0 Å². The van der Waals surface area contributed by atoms with E-state index in [1.54, 1.807) is 30.3 Å². The fourth-order valence-corrected chi connectivity index (χ4v) is 2.02. The van der Waals surface area contributed by atoms with E-state index in [0.717, 1.165) is 17.4 Å². The molecule has 1 aliphatic heterocycles. The minimum Gasteiger partial charge on any atom is -0.494 e. The first-order chi connectivity index (χ1) is 10.5. The van der Waals surface area contributed by atoms with Crippen molar-refractivity contribution in [3.05, 3.63) is 47.7 Å². The van der Waals surface area contributed by atoms with Crippen molar-refractivity contribution in [3.63, 3.8) is 0 Å². The van der Waals surface area contributed by atoms with E-state index in [9.17, 15) is 14.4 Å². The first kappa shape index (κ1) is 15.7. The van der Waals surface area contributed by atoms with E-state index in [4.69, 9.17) is 9.47 Å². The Morgan fingerprint density at radius 3 is 2.55 bits per heavy atom. The second-order valence-electron chi connectivity index (χ2n) is 4.75. The molecule has 5 nitrogen and oxygen atoms in total. The molecule has 5 heteroatoms. The highest BCUT2D eigenvalue weighted by Crippen LogP contribution is 2.17. The standard InChI is InChI=1S/C17H16O5/c1-3-21-13-7-4-12(5-8-13)6-9-14(18)16-15(19)10-11(2)22-17(16)20/h4-10,16H,3H2,1-2H3. The zero-order chi connectivity index (χ0) is 16.1. The Bertz CT molecular complexity index is 652. The van der Waals surface area contributed by atoms with Gasteiger partial charge >= 0.3 is 5.97 Å². The fraction of sp³-hybridized carbons (Fsp3) is 0.235. The highest BCUT2D eigenvalue weighted by molar-refractivity contribution is 6.25. The first-order valence-corrected chi connectivity index (χ1v) is 6.90. The van der Waals surface area contributed by atoms with Gasteiger partial charge in [-0.25, -0.2) is 0 Å². The van der Waals surface area contributed by atoms with Crippen LogP contribution < -0.4 is 4.74 Å². The van der Waals surface area contributed by atoms with E-state index >= 15 is 0 Å². The Labute approximate surface area is 128 Å². The lowest BCUT2D eigenvalue weighted by Gasteiger charge is -2.15. The van der Waals surface area contributed by atoms with Gasteiger partial charge in [0.2, 0.25) is 0 Å². The zero-order valence-electron chi connectivity index (χ0n) is 12.4. The molecule has 0 radical (unpaired) electrons. The smallest absolute Gasteiger partial charge is 0.329 e. The molecule has 0 spiro atoms. The van der Waals surface area contributed by atoms with Crippen LogP contribution in [-0.2, 0) is 19.1 Å². The number of carbonyl (C=O) groups is 3. The van der Waals surface area contributed by atoms with Crippen LogP contribution in [0, 0.1) is 5.92 Å². The number of allylic oxidation sites excluding steroid dienone is 3. The van der Waals surface area contributed by atoms with Crippen LogP contribution in [0.5, 0.6) is 5.75 Å². The Morgan fingerprint density at radius 2 is 1.95 bits per heavy atom. The summed E-state index contributed by atoms with van der Waals surface area (Å²) in [6.07, 6.45) is 3.92.